The number of nitrogens with one attached hydrogen (secondary N) is 2. The smallest absolute Gasteiger partial charge is 0.239 e. The Balaban J connectivity index is 1.36. The largest absolute Gasteiger partial charge is 0.353 e. The van der Waals surface area contributed by atoms with Crippen LogP contribution >= 0.6 is 0 Å². The van der Waals surface area contributed by atoms with Crippen LogP contribution in [0.1, 0.15) is 44.1 Å². The Bertz CT molecular complexity index is 709. The van der Waals surface area contributed by atoms with Crippen LogP contribution in [0.25, 0.3) is 0 Å². The SMILES string of the molecule is O=C(CN1CCCC1=O)N[C@@H]1CC[C@H](NC(=O)CCc2ccccc2F)C1. The highest BCUT2D eigenvalue weighted by molar-refractivity contribution is 5.86. The van der Waals surface area contributed by atoms with Gasteiger partial charge in [0, 0.05) is 31.5 Å². The summed E-state index contributed by atoms with van der Waals surface area (Å²) in [5, 5.41) is 5.94. The Hall–Kier alpha value is -2.44. The summed E-state index contributed by atoms with van der Waals surface area (Å²) in [6.45, 7) is 0.770. The van der Waals surface area contributed by atoms with Crippen LogP contribution in [-0.2, 0) is 20.8 Å². The van der Waals surface area contributed by atoms with E-state index in [9.17, 15) is 18.8 Å². The number of aryl methyl sites for hydroxylation is 1. The van der Waals surface area contributed by atoms with Crippen LogP contribution in [0.3, 0.4) is 0 Å². The zero-order chi connectivity index (χ0) is 19.2. The lowest BCUT2D eigenvalue weighted by Crippen LogP contribution is -2.42. The fourth-order valence-electron chi connectivity index (χ4n) is 3.81. The molecule has 0 spiro atoms. The van der Waals surface area contributed by atoms with Crippen molar-refractivity contribution in [2.75, 3.05) is 13.1 Å². The maximum atomic E-state index is 13.6. The predicted molar refractivity (Wildman–Crippen MR) is 98.2 cm³/mol. The van der Waals surface area contributed by atoms with Crippen molar-refractivity contribution in [3.8, 4) is 0 Å². The van der Waals surface area contributed by atoms with Crippen LogP contribution in [0.4, 0.5) is 4.39 Å². The van der Waals surface area contributed by atoms with Crippen molar-refractivity contribution in [3.63, 3.8) is 0 Å². The van der Waals surface area contributed by atoms with Crippen molar-refractivity contribution in [2.24, 2.45) is 0 Å². The molecule has 0 aromatic heterocycles. The molecule has 1 saturated heterocycles. The molecule has 27 heavy (non-hydrogen) atoms. The van der Waals surface area contributed by atoms with E-state index < -0.39 is 0 Å². The zero-order valence-corrected chi connectivity index (χ0v) is 15.4. The second-order valence-corrected chi connectivity index (χ2v) is 7.35. The normalized spacial score (nSPS) is 22.1. The molecule has 0 unspecified atom stereocenters. The van der Waals surface area contributed by atoms with Crippen LogP contribution in [0, 0.1) is 5.82 Å². The number of carbonyl (C=O) groups excluding carboxylic acids is 3. The molecule has 3 amide bonds. The fourth-order valence-corrected chi connectivity index (χ4v) is 3.81. The molecule has 7 heteroatoms. The molecule has 1 aliphatic heterocycles. The summed E-state index contributed by atoms with van der Waals surface area (Å²) in [6, 6.07) is 6.52. The summed E-state index contributed by atoms with van der Waals surface area (Å²) in [5.74, 6) is -0.485. The monoisotopic (exact) mass is 375 g/mol. The Morgan fingerprint density at radius 2 is 1.81 bits per heavy atom. The molecule has 3 rings (SSSR count). The van der Waals surface area contributed by atoms with Gasteiger partial charge < -0.3 is 15.5 Å². The first-order valence-corrected chi connectivity index (χ1v) is 9.61. The van der Waals surface area contributed by atoms with E-state index in [4.69, 9.17) is 0 Å². The average Bonchev–Trinajstić information content (AvgIpc) is 3.23. The minimum absolute atomic E-state index is 0.0204. The lowest BCUT2D eigenvalue weighted by atomic mass is 10.1. The number of nitrogens with zero attached hydrogens (tertiary/aromatic N) is 1. The van der Waals surface area contributed by atoms with Gasteiger partial charge in [-0.1, -0.05) is 18.2 Å². The second-order valence-electron chi connectivity index (χ2n) is 7.35. The number of rotatable bonds is 7. The number of benzene rings is 1. The van der Waals surface area contributed by atoms with Gasteiger partial charge in [0.1, 0.15) is 5.82 Å². The number of amides is 3. The predicted octanol–water partition coefficient (Wildman–Crippen LogP) is 1.53. The van der Waals surface area contributed by atoms with Gasteiger partial charge in [-0.25, -0.2) is 4.39 Å². The van der Waals surface area contributed by atoms with Crippen LogP contribution in [-0.4, -0.2) is 47.8 Å². The highest BCUT2D eigenvalue weighted by Gasteiger charge is 2.28. The Morgan fingerprint density at radius 3 is 2.48 bits per heavy atom. The molecule has 1 aromatic carbocycles. The summed E-state index contributed by atoms with van der Waals surface area (Å²) in [5.41, 5.74) is 0.542. The number of halogens is 1. The quantitative estimate of drug-likeness (QED) is 0.759. The summed E-state index contributed by atoms with van der Waals surface area (Å²) in [6.07, 6.45) is 4.25. The fraction of sp³-hybridized carbons (Fsp3) is 0.550. The molecule has 6 nitrogen and oxygen atoms in total. The lowest BCUT2D eigenvalue weighted by Gasteiger charge is -2.18. The number of likely N-dealkylation sites (tertiary alicyclic amines) is 1. The van der Waals surface area contributed by atoms with E-state index in [0.29, 0.717) is 31.4 Å². The topological polar surface area (TPSA) is 78.5 Å². The molecule has 146 valence electrons. The molecule has 2 fully saturated rings. The first kappa shape index (κ1) is 19.3. The van der Waals surface area contributed by atoms with Gasteiger partial charge in [0.2, 0.25) is 17.7 Å². The zero-order valence-electron chi connectivity index (χ0n) is 15.4. The maximum absolute atomic E-state index is 13.6. The van der Waals surface area contributed by atoms with E-state index in [1.165, 1.54) is 6.07 Å². The highest BCUT2D eigenvalue weighted by atomic mass is 19.1. The number of hydrogen-bond donors (Lipinski definition) is 2. The molecular weight excluding hydrogens is 349 g/mol. The van der Waals surface area contributed by atoms with E-state index in [2.05, 4.69) is 10.6 Å². The lowest BCUT2D eigenvalue weighted by molar-refractivity contribution is -0.133. The first-order valence-electron chi connectivity index (χ1n) is 9.61. The Morgan fingerprint density at radius 1 is 1.11 bits per heavy atom. The molecule has 1 heterocycles. The Labute approximate surface area is 158 Å². The van der Waals surface area contributed by atoms with Gasteiger partial charge in [-0.2, -0.15) is 0 Å². The van der Waals surface area contributed by atoms with Crippen LogP contribution in [0.5, 0.6) is 0 Å². The summed E-state index contributed by atoms with van der Waals surface area (Å²) < 4.78 is 13.6. The summed E-state index contributed by atoms with van der Waals surface area (Å²) in [4.78, 5) is 37.4. The number of hydrogen-bond acceptors (Lipinski definition) is 3. The van der Waals surface area contributed by atoms with E-state index in [1.54, 1.807) is 23.1 Å². The summed E-state index contributed by atoms with van der Waals surface area (Å²) >= 11 is 0. The third-order valence-corrected chi connectivity index (χ3v) is 5.25. The molecule has 0 radical (unpaired) electrons. The van der Waals surface area contributed by atoms with E-state index >= 15 is 0 Å². The van der Waals surface area contributed by atoms with Crippen LogP contribution in [0.2, 0.25) is 0 Å². The average molecular weight is 375 g/mol. The van der Waals surface area contributed by atoms with Crippen molar-refractivity contribution in [2.45, 2.75) is 57.0 Å². The Kier molecular flexibility index (Phi) is 6.42. The minimum Gasteiger partial charge on any atom is -0.353 e. The molecule has 0 bridgehead atoms. The standard InChI is InChI=1S/C20H26FN3O3/c21-17-5-2-1-4-14(17)7-10-18(25)22-15-8-9-16(12-15)23-19(26)13-24-11-3-6-20(24)27/h1-2,4-5,15-16H,3,6-13H2,(H,22,25)(H,23,26)/t15-,16+/m0/s1. The minimum atomic E-state index is -0.287. The van der Waals surface area contributed by atoms with Crippen molar-refractivity contribution < 1.29 is 18.8 Å². The molecule has 2 atom stereocenters. The summed E-state index contributed by atoms with van der Waals surface area (Å²) in [7, 11) is 0. The van der Waals surface area contributed by atoms with Gasteiger partial charge in [0.15, 0.2) is 0 Å². The molecule has 1 aliphatic carbocycles. The molecule has 1 aromatic rings. The van der Waals surface area contributed by atoms with E-state index in [1.807, 2.05) is 0 Å². The maximum Gasteiger partial charge on any atom is 0.239 e. The third kappa shape index (κ3) is 5.52. The van der Waals surface area contributed by atoms with Gasteiger partial charge in [0.05, 0.1) is 6.54 Å². The van der Waals surface area contributed by atoms with Gasteiger partial charge in [-0.15, -0.1) is 0 Å². The second kappa shape index (κ2) is 8.97. The van der Waals surface area contributed by atoms with Crippen molar-refractivity contribution in [3.05, 3.63) is 35.6 Å². The van der Waals surface area contributed by atoms with Crippen molar-refractivity contribution in [1.29, 1.82) is 0 Å². The van der Waals surface area contributed by atoms with E-state index in [0.717, 1.165) is 19.3 Å². The number of carbonyl (C=O) groups is 3. The van der Waals surface area contributed by atoms with E-state index in [-0.39, 0.29) is 48.6 Å². The van der Waals surface area contributed by atoms with Gasteiger partial charge in [0.25, 0.3) is 0 Å². The van der Waals surface area contributed by atoms with Gasteiger partial charge in [-0.05, 0) is 43.7 Å². The molecular formula is C20H26FN3O3. The first-order chi connectivity index (χ1) is 13.0. The van der Waals surface area contributed by atoms with Gasteiger partial charge in [-0.3, -0.25) is 14.4 Å². The third-order valence-electron chi connectivity index (χ3n) is 5.25. The highest BCUT2D eigenvalue weighted by Crippen LogP contribution is 2.20. The van der Waals surface area contributed by atoms with Crippen molar-refractivity contribution >= 4 is 17.7 Å². The van der Waals surface area contributed by atoms with Crippen LogP contribution < -0.4 is 10.6 Å². The van der Waals surface area contributed by atoms with Crippen molar-refractivity contribution in [1.82, 2.24) is 15.5 Å². The molecule has 1 saturated carbocycles. The molecule has 2 N–H and O–H groups in total. The molecule has 2 aliphatic rings. The van der Waals surface area contributed by atoms with Crippen LogP contribution in [0.15, 0.2) is 24.3 Å². The van der Waals surface area contributed by atoms with Gasteiger partial charge >= 0.3 is 0 Å².